The lowest BCUT2D eigenvalue weighted by atomic mass is 10.1. The minimum atomic E-state index is -0.671. The number of aryl methyl sites for hydroxylation is 1. The van der Waals surface area contributed by atoms with Crippen LogP contribution in [0.4, 0.5) is 0 Å². The van der Waals surface area contributed by atoms with E-state index >= 15 is 0 Å². The second kappa shape index (κ2) is 2.94. The Morgan fingerprint density at radius 1 is 1.15 bits per heavy atom. The Morgan fingerprint density at radius 3 is 2.38 bits per heavy atom. The number of hydrogen-bond donors (Lipinski definition) is 0. The van der Waals surface area contributed by atoms with E-state index in [4.69, 9.17) is 4.42 Å². The Bertz CT molecular complexity index is 448. The first-order valence-corrected chi connectivity index (χ1v) is 3.91. The summed E-state index contributed by atoms with van der Waals surface area (Å²) in [6.07, 6.45) is 1.31. The van der Waals surface area contributed by atoms with E-state index in [-0.39, 0.29) is 0 Å². The standard InChI is InChI=1S/C10H8O3/c1-7-2-4-8(5-3-7)9-6-12-10(11)13-9/h2-6H,1H3. The number of hydrogen-bond acceptors (Lipinski definition) is 3. The lowest BCUT2D eigenvalue weighted by Gasteiger charge is -1.94. The van der Waals surface area contributed by atoms with Gasteiger partial charge >= 0.3 is 5.82 Å². The van der Waals surface area contributed by atoms with Crippen LogP contribution in [-0.2, 0) is 0 Å². The second-order valence-corrected chi connectivity index (χ2v) is 2.82. The molecule has 0 bridgehead atoms. The highest BCUT2D eigenvalue weighted by molar-refractivity contribution is 5.55. The minimum absolute atomic E-state index is 0.463. The Kier molecular flexibility index (Phi) is 1.77. The molecule has 1 aromatic heterocycles. The predicted octanol–water partition coefficient (Wildman–Crippen LogP) is 2.21. The largest absolute Gasteiger partial charge is 0.519 e. The van der Waals surface area contributed by atoms with Gasteiger partial charge in [-0.1, -0.05) is 29.8 Å². The Hall–Kier alpha value is -1.77. The van der Waals surface area contributed by atoms with Crippen LogP contribution >= 0.6 is 0 Å². The van der Waals surface area contributed by atoms with Crippen molar-refractivity contribution in [2.75, 3.05) is 0 Å². The molecule has 3 nitrogen and oxygen atoms in total. The van der Waals surface area contributed by atoms with E-state index in [9.17, 15) is 4.79 Å². The molecule has 1 aromatic carbocycles. The predicted molar refractivity (Wildman–Crippen MR) is 47.4 cm³/mol. The fourth-order valence-corrected chi connectivity index (χ4v) is 1.08. The summed E-state index contributed by atoms with van der Waals surface area (Å²) in [6.45, 7) is 2.00. The first-order chi connectivity index (χ1) is 6.25. The Morgan fingerprint density at radius 2 is 1.85 bits per heavy atom. The molecule has 13 heavy (non-hydrogen) atoms. The maximum Gasteiger partial charge on any atom is 0.519 e. The van der Waals surface area contributed by atoms with Crippen molar-refractivity contribution in [3.8, 4) is 11.3 Å². The Labute approximate surface area is 74.6 Å². The maximum absolute atomic E-state index is 10.6. The summed E-state index contributed by atoms with van der Waals surface area (Å²) in [6, 6.07) is 7.65. The lowest BCUT2D eigenvalue weighted by molar-refractivity contribution is 0.389. The first kappa shape index (κ1) is 7.86. The molecular formula is C10H8O3. The summed E-state index contributed by atoms with van der Waals surface area (Å²) in [7, 11) is 0. The molecule has 0 amide bonds. The van der Waals surface area contributed by atoms with Crippen molar-refractivity contribution in [3.63, 3.8) is 0 Å². The van der Waals surface area contributed by atoms with Gasteiger partial charge in [-0.2, -0.15) is 0 Å². The summed E-state index contributed by atoms with van der Waals surface area (Å²) in [5.41, 5.74) is 2.01. The van der Waals surface area contributed by atoms with Crippen molar-refractivity contribution in [1.29, 1.82) is 0 Å². The van der Waals surface area contributed by atoms with Crippen molar-refractivity contribution < 1.29 is 8.83 Å². The number of rotatable bonds is 1. The van der Waals surface area contributed by atoms with Crippen LogP contribution in [0.15, 0.2) is 44.2 Å². The van der Waals surface area contributed by atoms with Gasteiger partial charge in [0.1, 0.15) is 6.26 Å². The van der Waals surface area contributed by atoms with E-state index in [2.05, 4.69) is 4.42 Å². The first-order valence-electron chi connectivity index (χ1n) is 3.91. The summed E-state index contributed by atoms with van der Waals surface area (Å²) in [5.74, 6) is -0.208. The van der Waals surface area contributed by atoms with Crippen LogP contribution in [0.1, 0.15) is 5.56 Å². The van der Waals surface area contributed by atoms with Crippen molar-refractivity contribution in [1.82, 2.24) is 0 Å². The molecule has 0 radical (unpaired) electrons. The molecule has 0 aliphatic rings. The van der Waals surface area contributed by atoms with Crippen LogP contribution in [0.3, 0.4) is 0 Å². The average Bonchev–Trinajstić information content (AvgIpc) is 2.53. The van der Waals surface area contributed by atoms with Gasteiger partial charge in [0.05, 0.1) is 0 Å². The fourth-order valence-electron chi connectivity index (χ4n) is 1.08. The van der Waals surface area contributed by atoms with Crippen LogP contribution in [0.5, 0.6) is 0 Å². The third-order valence-electron chi connectivity index (χ3n) is 1.79. The van der Waals surface area contributed by atoms with Gasteiger partial charge in [0, 0.05) is 5.56 Å². The molecule has 0 aliphatic carbocycles. The number of benzene rings is 1. The lowest BCUT2D eigenvalue weighted by Crippen LogP contribution is -1.85. The topological polar surface area (TPSA) is 43.4 Å². The molecule has 0 N–H and O–H groups in total. The summed E-state index contributed by atoms with van der Waals surface area (Å²) in [5, 5.41) is 0. The molecule has 3 heteroatoms. The average molecular weight is 176 g/mol. The molecule has 2 aromatic rings. The molecule has 0 unspecified atom stereocenters. The maximum atomic E-state index is 10.6. The molecule has 0 atom stereocenters. The van der Waals surface area contributed by atoms with Crippen LogP contribution < -0.4 is 5.82 Å². The normalized spacial score (nSPS) is 10.2. The molecule has 0 aliphatic heterocycles. The van der Waals surface area contributed by atoms with Crippen molar-refractivity contribution in [3.05, 3.63) is 46.7 Å². The Balaban J connectivity index is 2.47. The van der Waals surface area contributed by atoms with E-state index < -0.39 is 5.82 Å². The van der Waals surface area contributed by atoms with Crippen LogP contribution in [0, 0.1) is 6.92 Å². The smallest absolute Gasteiger partial charge is 0.399 e. The molecule has 66 valence electrons. The quantitative estimate of drug-likeness (QED) is 0.669. The SMILES string of the molecule is Cc1ccc(-c2coc(=O)o2)cc1. The third-order valence-corrected chi connectivity index (χ3v) is 1.79. The zero-order valence-electron chi connectivity index (χ0n) is 7.11. The summed E-state index contributed by atoms with van der Waals surface area (Å²) in [4.78, 5) is 10.6. The van der Waals surface area contributed by atoms with Gasteiger partial charge in [0.15, 0.2) is 5.76 Å². The highest BCUT2D eigenvalue weighted by atomic mass is 16.6. The molecular weight excluding hydrogens is 168 g/mol. The molecule has 0 saturated heterocycles. The van der Waals surface area contributed by atoms with Gasteiger partial charge in [0.25, 0.3) is 0 Å². The zero-order chi connectivity index (χ0) is 9.26. The van der Waals surface area contributed by atoms with E-state index in [1.807, 2.05) is 31.2 Å². The molecule has 1 heterocycles. The zero-order valence-corrected chi connectivity index (χ0v) is 7.11. The minimum Gasteiger partial charge on any atom is -0.399 e. The molecule has 2 rings (SSSR count). The van der Waals surface area contributed by atoms with Crippen molar-refractivity contribution >= 4 is 0 Å². The van der Waals surface area contributed by atoms with Gasteiger partial charge < -0.3 is 8.83 Å². The van der Waals surface area contributed by atoms with Gasteiger partial charge in [-0.15, -0.1) is 0 Å². The summed E-state index contributed by atoms with van der Waals surface area (Å²) >= 11 is 0. The van der Waals surface area contributed by atoms with Crippen molar-refractivity contribution in [2.24, 2.45) is 0 Å². The fraction of sp³-hybridized carbons (Fsp3) is 0.100. The van der Waals surface area contributed by atoms with E-state index in [0.29, 0.717) is 5.76 Å². The van der Waals surface area contributed by atoms with Gasteiger partial charge in [0.2, 0.25) is 0 Å². The van der Waals surface area contributed by atoms with E-state index in [1.54, 1.807) is 0 Å². The van der Waals surface area contributed by atoms with Crippen LogP contribution in [0.2, 0.25) is 0 Å². The van der Waals surface area contributed by atoms with Gasteiger partial charge in [-0.3, -0.25) is 0 Å². The molecule has 0 spiro atoms. The van der Waals surface area contributed by atoms with Gasteiger partial charge in [-0.05, 0) is 6.92 Å². The highest BCUT2D eigenvalue weighted by Crippen LogP contribution is 2.17. The van der Waals surface area contributed by atoms with Crippen LogP contribution in [-0.4, -0.2) is 0 Å². The van der Waals surface area contributed by atoms with E-state index in [1.165, 1.54) is 6.26 Å². The molecule has 0 saturated carbocycles. The highest BCUT2D eigenvalue weighted by Gasteiger charge is 2.03. The summed E-state index contributed by atoms with van der Waals surface area (Å²) < 4.78 is 9.31. The van der Waals surface area contributed by atoms with Crippen molar-refractivity contribution in [2.45, 2.75) is 6.92 Å². The van der Waals surface area contributed by atoms with Gasteiger partial charge in [-0.25, -0.2) is 4.79 Å². The second-order valence-electron chi connectivity index (χ2n) is 2.82. The van der Waals surface area contributed by atoms with E-state index in [0.717, 1.165) is 11.1 Å². The third kappa shape index (κ3) is 1.54. The van der Waals surface area contributed by atoms with Crippen LogP contribution in [0.25, 0.3) is 11.3 Å². The molecule has 0 fully saturated rings. The monoisotopic (exact) mass is 176 g/mol.